The first-order valence-corrected chi connectivity index (χ1v) is 12.8. The van der Waals surface area contributed by atoms with E-state index in [1.54, 1.807) is 48.5 Å². The van der Waals surface area contributed by atoms with Crippen molar-refractivity contribution in [2.75, 3.05) is 25.7 Å². The van der Waals surface area contributed by atoms with Crippen LogP contribution in [0.2, 0.25) is 0 Å². The van der Waals surface area contributed by atoms with Crippen LogP contribution in [0.4, 0.5) is 5.69 Å². The second-order valence-corrected chi connectivity index (χ2v) is 10.3. The molecule has 0 radical (unpaired) electrons. The number of anilines is 1. The molecule has 1 heterocycles. The van der Waals surface area contributed by atoms with Gasteiger partial charge in [-0.1, -0.05) is 78.4 Å². The maximum atomic E-state index is 14.4. The van der Waals surface area contributed by atoms with Gasteiger partial charge in [0.15, 0.2) is 5.60 Å². The molecule has 36 heavy (non-hydrogen) atoms. The highest BCUT2D eigenvalue weighted by Crippen LogP contribution is 2.61. The predicted molar refractivity (Wildman–Crippen MR) is 134 cm³/mol. The molecule has 0 aliphatic carbocycles. The number of benzene rings is 3. The normalized spacial score (nSPS) is 18.2. The molecule has 1 amide bonds. The van der Waals surface area contributed by atoms with Crippen LogP contribution in [0.1, 0.15) is 28.2 Å². The fraction of sp³-hybridized carbons (Fsp3) is 0.269. The number of carbonyl (C=O) groups is 1. The Hall–Kier alpha value is -3.36. The molecule has 0 aromatic heterocycles. The Bertz CT molecular complexity index is 1290. The molecule has 0 bridgehead atoms. The van der Waals surface area contributed by atoms with Crippen molar-refractivity contribution in [3.05, 3.63) is 111 Å². The number of phosphoric ester groups is 1. The number of phosphoric acid groups is 1. The molecule has 2 atom stereocenters. The summed E-state index contributed by atoms with van der Waals surface area (Å²) < 4.78 is 29.6. The Morgan fingerprint density at radius 1 is 0.972 bits per heavy atom. The zero-order chi connectivity index (χ0) is 25.9. The van der Waals surface area contributed by atoms with E-state index in [2.05, 4.69) is 0 Å². The van der Waals surface area contributed by atoms with Gasteiger partial charge in [-0.3, -0.25) is 28.5 Å². The third kappa shape index (κ3) is 4.70. The van der Waals surface area contributed by atoms with Crippen molar-refractivity contribution in [1.29, 1.82) is 0 Å². The van der Waals surface area contributed by atoms with Gasteiger partial charge in [-0.25, -0.2) is 4.57 Å². The Morgan fingerprint density at radius 2 is 1.58 bits per heavy atom. The number of aryl methyl sites for hydroxylation is 1. The van der Waals surface area contributed by atoms with Gasteiger partial charge in [-0.2, -0.15) is 0 Å². The minimum Gasteiger partial charge on any atom is -0.305 e. The zero-order valence-corrected chi connectivity index (χ0v) is 21.1. The van der Waals surface area contributed by atoms with Gasteiger partial charge in [-0.05, 0) is 24.1 Å². The monoisotopic (exact) mass is 510 g/mol. The van der Waals surface area contributed by atoms with E-state index in [9.17, 15) is 19.5 Å². The summed E-state index contributed by atoms with van der Waals surface area (Å²) in [5, 5.41) is 11.9. The molecular weight excluding hydrogens is 483 g/mol. The van der Waals surface area contributed by atoms with Gasteiger partial charge < -0.3 is 4.90 Å². The van der Waals surface area contributed by atoms with Gasteiger partial charge in [0.25, 0.3) is 5.91 Å². The van der Waals surface area contributed by atoms with Crippen molar-refractivity contribution in [3.8, 4) is 0 Å². The Morgan fingerprint density at radius 3 is 2.19 bits per heavy atom. The van der Waals surface area contributed by atoms with Gasteiger partial charge in [-0.15, -0.1) is 0 Å². The second-order valence-electron chi connectivity index (χ2n) is 8.51. The third-order valence-electron chi connectivity index (χ3n) is 6.35. The molecule has 4 rings (SSSR count). The molecule has 188 valence electrons. The number of fused-ring (bicyclic) bond motifs is 1. The van der Waals surface area contributed by atoms with Gasteiger partial charge in [0, 0.05) is 24.7 Å². The first kappa shape index (κ1) is 25.7. The molecule has 9 nitrogen and oxygen atoms in total. The lowest BCUT2D eigenvalue weighted by molar-refractivity contribution is -0.486. The molecular formula is C26H27N2O7P. The van der Waals surface area contributed by atoms with Gasteiger partial charge >= 0.3 is 7.82 Å². The van der Waals surface area contributed by atoms with Crippen LogP contribution in [0.15, 0.2) is 78.9 Å². The quantitative estimate of drug-likeness (QED) is 0.209. The van der Waals surface area contributed by atoms with E-state index in [-0.39, 0.29) is 6.54 Å². The molecule has 0 spiro atoms. The van der Waals surface area contributed by atoms with Crippen molar-refractivity contribution in [2.45, 2.75) is 25.0 Å². The summed E-state index contributed by atoms with van der Waals surface area (Å²) in [6.45, 7) is 1.42. The van der Waals surface area contributed by atoms with Crippen molar-refractivity contribution < 1.29 is 27.9 Å². The summed E-state index contributed by atoms with van der Waals surface area (Å²) in [6, 6.07) is 23.2. The summed E-state index contributed by atoms with van der Waals surface area (Å²) in [7, 11) is -2.02. The van der Waals surface area contributed by atoms with E-state index in [0.717, 1.165) is 25.3 Å². The molecule has 3 aromatic rings. The summed E-state index contributed by atoms with van der Waals surface area (Å²) in [6.07, 6.45) is 0. The van der Waals surface area contributed by atoms with E-state index >= 15 is 0 Å². The number of hydrogen-bond acceptors (Lipinski definition) is 7. The zero-order valence-electron chi connectivity index (χ0n) is 20.2. The number of nitro groups is 1. The molecule has 1 aliphatic rings. The van der Waals surface area contributed by atoms with Crippen molar-refractivity contribution in [1.82, 2.24) is 0 Å². The smallest absolute Gasteiger partial charge is 0.305 e. The van der Waals surface area contributed by atoms with Gasteiger partial charge in [0.05, 0.1) is 18.2 Å². The van der Waals surface area contributed by atoms with Crippen molar-refractivity contribution in [2.24, 2.45) is 0 Å². The Labute approximate surface area is 209 Å². The SMILES string of the molecule is COP(=O)(OC)O[C@@]1([C@@H](C[N+](=O)[O-])c2ccc(C)cc2)C(=O)N(Cc2ccccc2)c2ccccc21. The fourth-order valence-corrected chi connectivity index (χ4v) is 5.56. The molecule has 1 aliphatic heterocycles. The number of carbonyl (C=O) groups excluding carboxylic acids is 1. The van der Waals surface area contributed by atoms with E-state index in [0.29, 0.717) is 16.8 Å². The molecule has 0 saturated heterocycles. The summed E-state index contributed by atoms with van der Waals surface area (Å²) >= 11 is 0. The van der Waals surface area contributed by atoms with Crippen LogP contribution in [0, 0.1) is 17.0 Å². The van der Waals surface area contributed by atoms with Crippen LogP contribution in [0.25, 0.3) is 0 Å². The average molecular weight is 510 g/mol. The molecule has 0 N–H and O–H groups in total. The summed E-state index contributed by atoms with van der Waals surface area (Å²) in [5.41, 5.74) is 1.09. The van der Waals surface area contributed by atoms with E-state index in [1.165, 1.54) is 4.90 Å². The number of nitrogens with zero attached hydrogens (tertiary/aromatic N) is 2. The molecule has 10 heteroatoms. The molecule has 0 unspecified atom stereocenters. The molecule has 3 aromatic carbocycles. The second kappa shape index (κ2) is 10.3. The van der Waals surface area contributed by atoms with E-state index in [1.807, 2.05) is 37.3 Å². The summed E-state index contributed by atoms with van der Waals surface area (Å²) in [4.78, 5) is 27.3. The molecule has 0 saturated carbocycles. The largest absolute Gasteiger partial charge is 0.475 e. The average Bonchev–Trinajstić information content (AvgIpc) is 3.11. The highest BCUT2D eigenvalue weighted by atomic mass is 31.2. The van der Waals surface area contributed by atoms with Crippen LogP contribution in [0.5, 0.6) is 0 Å². The minimum atomic E-state index is -4.30. The lowest BCUT2D eigenvalue weighted by Gasteiger charge is -2.36. The maximum Gasteiger partial charge on any atom is 0.475 e. The lowest BCUT2D eigenvalue weighted by Crippen LogP contribution is -2.48. The first-order valence-electron chi connectivity index (χ1n) is 11.3. The topological polar surface area (TPSA) is 108 Å². The van der Waals surface area contributed by atoms with Crippen LogP contribution in [-0.4, -0.2) is 31.6 Å². The highest BCUT2D eigenvalue weighted by molar-refractivity contribution is 7.48. The standard InChI is InChI=1S/C26H27N2O7P/c1-19-13-15-21(16-14-19)23(18-28(30)31)26(35-36(32,33-2)34-3)22-11-7-8-12-24(22)27(25(26)29)17-20-9-5-4-6-10-20/h4-16,23H,17-18H2,1-3H3/t23-,26-/m0/s1. The van der Waals surface area contributed by atoms with Gasteiger partial charge in [0.2, 0.25) is 6.54 Å². The van der Waals surface area contributed by atoms with E-state index < -0.39 is 36.7 Å². The Balaban J connectivity index is 1.97. The van der Waals surface area contributed by atoms with Crippen LogP contribution in [0.3, 0.4) is 0 Å². The number of para-hydroxylation sites is 1. The number of amides is 1. The van der Waals surface area contributed by atoms with Crippen molar-refractivity contribution >= 4 is 19.4 Å². The molecule has 0 fully saturated rings. The van der Waals surface area contributed by atoms with Crippen LogP contribution < -0.4 is 4.90 Å². The highest BCUT2D eigenvalue weighted by Gasteiger charge is 2.62. The predicted octanol–water partition coefficient (Wildman–Crippen LogP) is 5.22. The van der Waals surface area contributed by atoms with Gasteiger partial charge in [0.1, 0.15) is 0 Å². The number of hydrogen-bond donors (Lipinski definition) is 0. The third-order valence-corrected chi connectivity index (χ3v) is 7.75. The first-order chi connectivity index (χ1) is 17.2. The summed E-state index contributed by atoms with van der Waals surface area (Å²) in [5.74, 6) is -1.73. The van der Waals surface area contributed by atoms with Crippen LogP contribution in [-0.2, 0) is 35.1 Å². The minimum absolute atomic E-state index is 0.186. The fourth-order valence-electron chi connectivity index (χ4n) is 4.60. The van der Waals surface area contributed by atoms with Crippen LogP contribution >= 0.6 is 7.82 Å². The Kier molecular flexibility index (Phi) is 7.38. The van der Waals surface area contributed by atoms with E-state index in [4.69, 9.17) is 13.6 Å². The lowest BCUT2D eigenvalue weighted by atomic mass is 9.77. The van der Waals surface area contributed by atoms with Crippen molar-refractivity contribution in [3.63, 3.8) is 0 Å². The maximum absolute atomic E-state index is 14.4. The number of rotatable bonds is 10.